The van der Waals surface area contributed by atoms with Crippen molar-refractivity contribution in [3.8, 4) is 0 Å². The van der Waals surface area contributed by atoms with Gasteiger partial charge in [-0.1, -0.05) is 60.7 Å². The number of hydrogen-bond acceptors (Lipinski definition) is 0. The van der Waals surface area contributed by atoms with Crippen LogP contribution in [0.3, 0.4) is 0 Å². The molecule has 0 nitrogen and oxygen atoms in total. The molecule has 1 atom stereocenters. The Labute approximate surface area is 126 Å². The Morgan fingerprint density at radius 3 is 2.40 bits per heavy atom. The lowest BCUT2D eigenvalue weighted by Crippen LogP contribution is -2.42. The van der Waals surface area contributed by atoms with Gasteiger partial charge in [-0.2, -0.15) is 0 Å². The summed E-state index contributed by atoms with van der Waals surface area (Å²) in [4.78, 5) is 0. The summed E-state index contributed by atoms with van der Waals surface area (Å²) in [5.41, 5.74) is 4.63. The third kappa shape index (κ3) is 2.41. The van der Waals surface area contributed by atoms with E-state index >= 15 is 0 Å². The summed E-state index contributed by atoms with van der Waals surface area (Å²) < 4.78 is 0. The van der Waals surface area contributed by atoms with Crippen LogP contribution in [0.4, 0.5) is 0 Å². The predicted octanol–water partition coefficient (Wildman–Crippen LogP) is 6.35. The highest BCUT2D eigenvalue weighted by Crippen LogP contribution is 2.55. The van der Waals surface area contributed by atoms with Gasteiger partial charge in [0.25, 0.3) is 0 Å². The van der Waals surface area contributed by atoms with E-state index in [9.17, 15) is 0 Å². The molecule has 2 aliphatic rings. The van der Waals surface area contributed by atoms with Crippen LogP contribution in [0.5, 0.6) is 0 Å². The lowest BCUT2D eigenvalue weighted by atomic mass is 10.0. The molecule has 0 aromatic heterocycles. The zero-order chi connectivity index (χ0) is 15.0. The fraction of sp³-hybridized carbons (Fsp3) is 0.579. The summed E-state index contributed by atoms with van der Waals surface area (Å²) >= 11 is 0. The summed E-state index contributed by atoms with van der Waals surface area (Å²) in [5, 5.41) is 2.04. The largest absolute Gasteiger partial charge is 0.0896 e. The Bertz CT molecular complexity index is 514. The van der Waals surface area contributed by atoms with Gasteiger partial charge in [0.05, 0.1) is 8.07 Å². The first-order chi connectivity index (χ1) is 9.30. The third-order valence-corrected chi connectivity index (χ3v) is 11.2. The Balaban J connectivity index is 2.44. The molecule has 0 saturated carbocycles. The van der Waals surface area contributed by atoms with Gasteiger partial charge in [0, 0.05) is 5.04 Å². The molecule has 1 unspecified atom stereocenters. The highest BCUT2D eigenvalue weighted by molar-refractivity contribution is 6.88. The summed E-state index contributed by atoms with van der Waals surface area (Å²) in [6.45, 7) is 14.6. The molecule has 110 valence electrons. The Morgan fingerprint density at radius 2 is 1.80 bits per heavy atom. The van der Waals surface area contributed by atoms with Crippen molar-refractivity contribution in [3.05, 3.63) is 46.2 Å². The minimum Gasteiger partial charge on any atom is -0.0846 e. The zero-order valence-corrected chi connectivity index (χ0v) is 15.1. The summed E-state index contributed by atoms with van der Waals surface area (Å²) in [6, 6.07) is 0. The van der Waals surface area contributed by atoms with Crippen LogP contribution in [0.1, 0.15) is 53.4 Å². The van der Waals surface area contributed by atoms with Gasteiger partial charge in [-0.3, -0.25) is 0 Å². The Morgan fingerprint density at radius 1 is 1.10 bits per heavy atom. The average Bonchev–Trinajstić information content (AvgIpc) is 2.54. The van der Waals surface area contributed by atoms with Gasteiger partial charge >= 0.3 is 0 Å². The SMILES string of the molecule is CC1=CC(C)([Si](C)(C)C2=CC=CCCCC2)C(C)=C1C. The molecule has 1 heteroatoms. The third-order valence-electron chi connectivity index (χ3n) is 6.04. The van der Waals surface area contributed by atoms with Gasteiger partial charge in [-0.25, -0.2) is 0 Å². The molecular weight excluding hydrogens is 256 g/mol. The normalized spacial score (nSPS) is 28.1. The van der Waals surface area contributed by atoms with Gasteiger partial charge in [-0.05, 0) is 52.0 Å². The molecule has 0 fully saturated rings. The molecule has 0 amide bonds. The van der Waals surface area contributed by atoms with Gasteiger partial charge in [0.15, 0.2) is 0 Å². The lowest BCUT2D eigenvalue weighted by molar-refractivity contribution is 0.741. The maximum atomic E-state index is 2.57. The van der Waals surface area contributed by atoms with E-state index in [0.717, 1.165) is 0 Å². The van der Waals surface area contributed by atoms with Crippen molar-refractivity contribution >= 4 is 8.07 Å². The predicted molar refractivity (Wildman–Crippen MR) is 93.7 cm³/mol. The van der Waals surface area contributed by atoms with E-state index < -0.39 is 8.07 Å². The van der Waals surface area contributed by atoms with E-state index in [4.69, 9.17) is 0 Å². The fourth-order valence-electron chi connectivity index (χ4n) is 3.78. The first-order valence-corrected chi connectivity index (χ1v) is 11.0. The minimum absolute atomic E-state index is 0.292. The second-order valence-corrected chi connectivity index (χ2v) is 12.2. The van der Waals surface area contributed by atoms with Crippen LogP contribution in [0, 0.1) is 0 Å². The van der Waals surface area contributed by atoms with Crippen molar-refractivity contribution in [2.45, 2.75) is 71.5 Å². The second kappa shape index (κ2) is 5.52. The van der Waals surface area contributed by atoms with Crippen LogP contribution in [0.25, 0.3) is 0 Å². The zero-order valence-electron chi connectivity index (χ0n) is 14.1. The Kier molecular flexibility index (Phi) is 4.29. The van der Waals surface area contributed by atoms with Crippen molar-refractivity contribution in [1.29, 1.82) is 0 Å². The van der Waals surface area contributed by atoms with Crippen LogP contribution in [-0.2, 0) is 0 Å². The van der Waals surface area contributed by atoms with E-state index in [1.54, 1.807) is 10.8 Å². The molecule has 0 spiro atoms. The highest BCUT2D eigenvalue weighted by atomic mass is 28.3. The first kappa shape index (κ1) is 15.6. The van der Waals surface area contributed by atoms with E-state index in [2.05, 4.69) is 65.1 Å². The molecule has 0 aromatic carbocycles. The van der Waals surface area contributed by atoms with Crippen LogP contribution >= 0.6 is 0 Å². The number of allylic oxidation sites excluding steroid dienone is 8. The molecule has 2 rings (SSSR count). The molecule has 0 saturated heterocycles. The molecular formula is C19H30Si. The second-order valence-electron chi connectivity index (χ2n) is 7.27. The van der Waals surface area contributed by atoms with Gasteiger partial charge in [0.2, 0.25) is 0 Å². The van der Waals surface area contributed by atoms with Gasteiger partial charge < -0.3 is 0 Å². The van der Waals surface area contributed by atoms with Gasteiger partial charge in [0.1, 0.15) is 0 Å². The van der Waals surface area contributed by atoms with Crippen LogP contribution in [0.15, 0.2) is 46.2 Å². The monoisotopic (exact) mass is 286 g/mol. The topological polar surface area (TPSA) is 0 Å². The van der Waals surface area contributed by atoms with Crippen LogP contribution in [0.2, 0.25) is 18.1 Å². The molecule has 0 radical (unpaired) electrons. The van der Waals surface area contributed by atoms with Crippen molar-refractivity contribution < 1.29 is 0 Å². The Hall–Kier alpha value is -0.823. The smallest absolute Gasteiger partial charge is 0.0846 e. The van der Waals surface area contributed by atoms with Crippen LogP contribution < -0.4 is 0 Å². The minimum atomic E-state index is -1.52. The standard InChI is InChI=1S/C19H30Si/c1-15-14-19(4,17(3)16(15)2)20(5,6)18-12-10-8-7-9-11-13-18/h8,10,12,14H,7,9,11,13H2,1-6H3. The molecule has 0 N–H and O–H groups in total. The molecule has 0 bridgehead atoms. The summed E-state index contributed by atoms with van der Waals surface area (Å²) in [6.07, 6.45) is 14.9. The fourth-order valence-corrected chi connectivity index (χ4v) is 7.46. The lowest BCUT2D eigenvalue weighted by Gasteiger charge is -2.42. The van der Waals surface area contributed by atoms with E-state index in [-0.39, 0.29) is 0 Å². The van der Waals surface area contributed by atoms with E-state index in [0.29, 0.717) is 5.04 Å². The number of hydrogen-bond donors (Lipinski definition) is 0. The molecule has 0 heterocycles. The quantitative estimate of drug-likeness (QED) is 0.519. The molecule has 0 aliphatic heterocycles. The maximum Gasteiger partial charge on any atom is 0.0896 e. The molecule has 2 aliphatic carbocycles. The van der Waals surface area contributed by atoms with Crippen molar-refractivity contribution in [2.24, 2.45) is 0 Å². The van der Waals surface area contributed by atoms with E-state index in [1.807, 2.05) is 0 Å². The van der Waals surface area contributed by atoms with Crippen molar-refractivity contribution in [3.63, 3.8) is 0 Å². The highest BCUT2D eigenvalue weighted by Gasteiger charge is 2.47. The van der Waals surface area contributed by atoms with Crippen molar-refractivity contribution in [1.82, 2.24) is 0 Å². The maximum absolute atomic E-state index is 2.57. The summed E-state index contributed by atoms with van der Waals surface area (Å²) in [5.74, 6) is 0. The summed E-state index contributed by atoms with van der Waals surface area (Å²) in [7, 11) is -1.52. The van der Waals surface area contributed by atoms with Crippen LogP contribution in [-0.4, -0.2) is 8.07 Å². The van der Waals surface area contributed by atoms with E-state index in [1.165, 1.54) is 36.8 Å². The molecule has 0 aromatic rings. The average molecular weight is 287 g/mol. The molecule has 20 heavy (non-hydrogen) atoms. The number of rotatable bonds is 2. The van der Waals surface area contributed by atoms with Crippen molar-refractivity contribution in [2.75, 3.05) is 0 Å². The first-order valence-electron chi connectivity index (χ1n) is 8.04. The van der Waals surface area contributed by atoms with Gasteiger partial charge in [-0.15, -0.1) is 0 Å².